The van der Waals surface area contributed by atoms with Crippen LogP contribution in [0.4, 0.5) is 0 Å². The van der Waals surface area contributed by atoms with Crippen LogP contribution in [0.2, 0.25) is 0 Å². The molecule has 0 radical (unpaired) electrons. The average Bonchev–Trinajstić information content (AvgIpc) is 1.98. The molecule has 0 aromatic carbocycles. The van der Waals surface area contributed by atoms with Crippen molar-refractivity contribution in [2.24, 2.45) is 11.8 Å². The fourth-order valence-corrected chi connectivity index (χ4v) is 1.77. The molecule has 1 aliphatic carbocycles. The summed E-state index contributed by atoms with van der Waals surface area (Å²) in [5.74, 6) is 1.61. The number of rotatable bonds is 1. The lowest BCUT2D eigenvalue weighted by molar-refractivity contribution is 0.238. The molecule has 1 rings (SSSR count). The zero-order valence-corrected chi connectivity index (χ0v) is 7.30. The van der Waals surface area contributed by atoms with Gasteiger partial charge in [0.15, 0.2) is 6.19 Å². The average molecular weight is 152 g/mol. The summed E-state index contributed by atoms with van der Waals surface area (Å²) in [5.41, 5.74) is 0. The predicted molar refractivity (Wildman–Crippen MR) is 44.7 cm³/mol. The van der Waals surface area contributed by atoms with Crippen molar-refractivity contribution in [1.82, 2.24) is 5.32 Å². The van der Waals surface area contributed by atoms with Gasteiger partial charge in [0.2, 0.25) is 0 Å². The highest BCUT2D eigenvalue weighted by molar-refractivity contribution is 4.83. The van der Waals surface area contributed by atoms with Crippen LogP contribution in [-0.2, 0) is 0 Å². The van der Waals surface area contributed by atoms with Crippen LogP contribution in [0.5, 0.6) is 0 Å². The summed E-state index contributed by atoms with van der Waals surface area (Å²) in [6.45, 7) is 4.57. The Morgan fingerprint density at radius 3 is 2.55 bits per heavy atom. The zero-order chi connectivity index (χ0) is 8.27. The van der Waals surface area contributed by atoms with Crippen LogP contribution >= 0.6 is 0 Å². The third-order valence-corrected chi connectivity index (χ3v) is 2.87. The first-order valence-corrected chi connectivity index (χ1v) is 4.38. The Hall–Kier alpha value is -0.710. The maximum Gasteiger partial charge on any atom is 0.176 e. The van der Waals surface area contributed by atoms with Crippen LogP contribution < -0.4 is 5.32 Å². The molecule has 0 spiro atoms. The van der Waals surface area contributed by atoms with E-state index in [4.69, 9.17) is 5.26 Å². The lowest BCUT2D eigenvalue weighted by Crippen LogP contribution is -2.33. The molecule has 1 aliphatic rings. The summed E-state index contributed by atoms with van der Waals surface area (Å²) < 4.78 is 0. The first-order chi connectivity index (χ1) is 5.24. The fraction of sp³-hybridized carbons (Fsp3) is 0.889. The number of hydrogen-bond donors (Lipinski definition) is 1. The van der Waals surface area contributed by atoms with Gasteiger partial charge in [0.05, 0.1) is 0 Å². The van der Waals surface area contributed by atoms with E-state index in [0.29, 0.717) is 6.04 Å². The van der Waals surface area contributed by atoms with Crippen LogP contribution in [0.25, 0.3) is 0 Å². The molecule has 0 saturated heterocycles. The lowest BCUT2D eigenvalue weighted by Gasteiger charge is -2.30. The van der Waals surface area contributed by atoms with Crippen molar-refractivity contribution in [3.8, 4) is 6.19 Å². The van der Waals surface area contributed by atoms with E-state index in [9.17, 15) is 0 Å². The summed E-state index contributed by atoms with van der Waals surface area (Å²) in [5, 5.41) is 11.3. The highest BCUT2D eigenvalue weighted by Gasteiger charge is 2.23. The van der Waals surface area contributed by atoms with E-state index >= 15 is 0 Å². The first-order valence-electron chi connectivity index (χ1n) is 4.38. The van der Waals surface area contributed by atoms with Gasteiger partial charge in [-0.1, -0.05) is 13.8 Å². The first kappa shape index (κ1) is 8.39. The van der Waals surface area contributed by atoms with Crippen LogP contribution in [0.15, 0.2) is 0 Å². The van der Waals surface area contributed by atoms with E-state index < -0.39 is 0 Å². The van der Waals surface area contributed by atoms with Gasteiger partial charge in [0.1, 0.15) is 0 Å². The van der Waals surface area contributed by atoms with Gasteiger partial charge in [-0.15, -0.1) is 0 Å². The molecule has 2 nitrogen and oxygen atoms in total. The number of hydrogen-bond acceptors (Lipinski definition) is 2. The summed E-state index contributed by atoms with van der Waals surface area (Å²) in [4.78, 5) is 0. The minimum Gasteiger partial charge on any atom is -0.321 e. The molecule has 0 aromatic heterocycles. The molecule has 62 valence electrons. The summed E-state index contributed by atoms with van der Waals surface area (Å²) >= 11 is 0. The monoisotopic (exact) mass is 152 g/mol. The van der Waals surface area contributed by atoms with Gasteiger partial charge in [-0.25, -0.2) is 0 Å². The zero-order valence-electron chi connectivity index (χ0n) is 7.30. The second kappa shape index (κ2) is 3.61. The van der Waals surface area contributed by atoms with Gasteiger partial charge in [0, 0.05) is 6.04 Å². The Labute approximate surface area is 68.6 Å². The molecule has 0 aliphatic heterocycles. The maximum atomic E-state index is 8.41. The van der Waals surface area contributed by atoms with Crippen molar-refractivity contribution >= 4 is 0 Å². The molecule has 3 unspecified atom stereocenters. The Morgan fingerprint density at radius 2 is 2.00 bits per heavy atom. The molecular formula is C9H16N2. The molecule has 1 fully saturated rings. The Balaban J connectivity index is 2.35. The van der Waals surface area contributed by atoms with Crippen LogP contribution in [0.3, 0.4) is 0 Å². The van der Waals surface area contributed by atoms with E-state index in [2.05, 4.69) is 19.2 Å². The van der Waals surface area contributed by atoms with E-state index in [-0.39, 0.29) is 0 Å². The van der Waals surface area contributed by atoms with Gasteiger partial charge in [-0.3, -0.25) is 0 Å². The molecule has 0 amide bonds. The van der Waals surface area contributed by atoms with Gasteiger partial charge in [-0.05, 0) is 31.1 Å². The molecule has 3 atom stereocenters. The van der Waals surface area contributed by atoms with Gasteiger partial charge in [-0.2, -0.15) is 5.26 Å². The van der Waals surface area contributed by atoms with Gasteiger partial charge in [0.25, 0.3) is 0 Å². The van der Waals surface area contributed by atoms with Gasteiger partial charge < -0.3 is 5.32 Å². The number of nitriles is 1. The SMILES string of the molecule is CC1CCC(NC#N)CC1C. The molecular weight excluding hydrogens is 136 g/mol. The Kier molecular flexibility index (Phi) is 2.76. The Morgan fingerprint density at radius 1 is 1.27 bits per heavy atom. The second-order valence-electron chi connectivity index (χ2n) is 3.72. The normalized spacial score (nSPS) is 37.7. The molecule has 11 heavy (non-hydrogen) atoms. The van der Waals surface area contributed by atoms with Crippen molar-refractivity contribution < 1.29 is 0 Å². The molecule has 0 aromatic rings. The number of nitrogens with zero attached hydrogens (tertiary/aromatic N) is 1. The van der Waals surface area contributed by atoms with Crippen LogP contribution in [0, 0.1) is 23.3 Å². The summed E-state index contributed by atoms with van der Waals surface area (Å²) in [6.07, 6.45) is 5.61. The van der Waals surface area contributed by atoms with E-state index in [1.165, 1.54) is 12.8 Å². The molecule has 2 heteroatoms. The Bertz CT molecular complexity index is 159. The van der Waals surface area contributed by atoms with E-state index in [0.717, 1.165) is 18.3 Å². The minimum atomic E-state index is 0.450. The standard InChI is InChI=1S/C9H16N2/c1-7-3-4-9(11-6-10)5-8(7)2/h7-9,11H,3-5H2,1-2H3. The molecule has 1 saturated carbocycles. The third kappa shape index (κ3) is 2.11. The minimum absolute atomic E-state index is 0.450. The fourth-order valence-electron chi connectivity index (χ4n) is 1.77. The van der Waals surface area contributed by atoms with Gasteiger partial charge >= 0.3 is 0 Å². The highest BCUT2D eigenvalue weighted by Crippen LogP contribution is 2.28. The van der Waals surface area contributed by atoms with Crippen molar-refractivity contribution in [2.45, 2.75) is 39.2 Å². The topological polar surface area (TPSA) is 35.8 Å². The van der Waals surface area contributed by atoms with Crippen LogP contribution in [0.1, 0.15) is 33.1 Å². The smallest absolute Gasteiger partial charge is 0.176 e. The van der Waals surface area contributed by atoms with E-state index in [1.807, 2.05) is 6.19 Å². The van der Waals surface area contributed by atoms with Crippen molar-refractivity contribution in [3.05, 3.63) is 0 Å². The van der Waals surface area contributed by atoms with Crippen molar-refractivity contribution in [1.29, 1.82) is 5.26 Å². The van der Waals surface area contributed by atoms with Crippen LogP contribution in [-0.4, -0.2) is 6.04 Å². The second-order valence-corrected chi connectivity index (χ2v) is 3.72. The maximum absolute atomic E-state index is 8.41. The lowest BCUT2D eigenvalue weighted by atomic mass is 9.79. The summed E-state index contributed by atoms with van der Waals surface area (Å²) in [6, 6.07) is 0.450. The largest absolute Gasteiger partial charge is 0.321 e. The van der Waals surface area contributed by atoms with Crippen molar-refractivity contribution in [3.63, 3.8) is 0 Å². The van der Waals surface area contributed by atoms with E-state index in [1.54, 1.807) is 0 Å². The molecule has 1 N–H and O–H groups in total. The quantitative estimate of drug-likeness (QED) is 0.460. The molecule has 0 bridgehead atoms. The predicted octanol–water partition coefficient (Wildman–Crippen LogP) is 1.88. The molecule has 0 heterocycles. The summed E-state index contributed by atoms with van der Waals surface area (Å²) in [7, 11) is 0. The van der Waals surface area contributed by atoms with Crippen molar-refractivity contribution in [2.75, 3.05) is 0 Å². The third-order valence-electron chi connectivity index (χ3n) is 2.87. The number of nitrogens with one attached hydrogen (secondary N) is 1. The highest BCUT2D eigenvalue weighted by atomic mass is 14.9.